The van der Waals surface area contributed by atoms with Crippen LogP contribution >= 0.6 is 11.6 Å². The van der Waals surface area contributed by atoms with Crippen molar-refractivity contribution in [2.45, 2.75) is 45.1 Å². The average Bonchev–Trinajstić information content (AvgIpc) is 3.33. The molecule has 4 aromatic carbocycles. The van der Waals surface area contributed by atoms with E-state index in [1.54, 1.807) is 6.92 Å². The van der Waals surface area contributed by atoms with Crippen LogP contribution in [0.3, 0.4) is 0 Å². The van der Waals surface area contributed by atoms with E-state index in [2.05, 4.69) is 57.5 Å². The van der Waals surface area contributed by atoms with Crippen LogP contribution in [0.5, 0.6) is 5.75 Å². The Kier molecular flexibility index (Phi) is 19.4. The van der Waals surface area contributed by atoms with Gasteiger partial charge < -0.3 is 21.1 Å². The largest absolute Gasteiger partial charge is 0.505 e. The lowest BCUT2D eigenvalue weighted by molar-refractivity contribution is 0.269. The molecule has 0 aliphatic carbocycles. The van der Waals surface area contributed by atoms with Crippen molar-refractivity contribution in [3.63, 3.8) is 0 Å². The lowest BCUT2D eigenvalue weighted by Gasteiger charge is -2.18. The molecular weight excluding hydrogens is 1190 g/mol. The Labute approximate surface area is 446 Å². The van der Waals surface area contributed by atoms with Crippen LogP contribution in [0.2, 0.25) is 5.28 Å². The predicted molar refractivity (Wildman–Crippen MR) is 274 cm³/mol. The summed E-state index contributed by atoms with van der Waals surface area (Å²) >= 11 is 6.16. The molecule has 0 saturated carbocycles. The summed E-state index contributed by atoms with van der Waals surface area (Å²) in [5, 5.41) is 28.9. The van der Waals surface area contributed by atoms with Gasteiger partial charge in [-0.15, -0.1) is 20.5 Å². The van der Waals surface area contributed by atoms with Gasteiger partial charge in [0.2, 0.25) is 17.2 Å². The normalized spacial score (nSPS) is 13.2. The van der Waals surface area contributed by atoms with Gasteiger partial charge in [0.05, 0.1) is 61.2 Å². The molecule has 1 heterocycles. The summed E-state index contributed by atoms with van der Waals surface area (Å²) in [6.45, 7) is 0.742. The Hall–Kier alpha value is -5.75. The van der Waals surface area contributed by atoms with E-state index in [9.17, 15) is 68.6 Å². The number of hydrogen-bond donors (Lipinski definition) is 5. The van der Waals surface area contributed by atoms with Gasteiger partial charge in [0.25, 0.3) is 40.5 Å². The smallest absolute Gasteiger partial charge is 0.397 e. The molecule has 0 bridgehead atoms. The van der Waals surface area contributed by atoms with Gasteiger partial charge in [-0.3, -0.25) is 21.7 Å². The van der Waals surface area contributed by atoms with Crippen LogP contribution in [0.25, 0.3) is 10.8 Å². The van der Waals surface area contributed by atoms with Crippen LogP contribution in [0, 0.1) is 0 Å². The molecule has 0 radical (unpaired) electrons. The van der Waals surface area contributed by atoms with Crippen molar-refractivity contribution in [1.29, 1.82) is 0 Å². The average molecular weight is 1240 g/mol. The Bertz CT molecular complexity index is 4000. The van der Waals surface area contributed by atoms with Crippen molar-refractivity contribution in [2.24, 2.45) is 20.5 Å². The number of nitrogens with zero attached hydrogens (tertiary/aromatic N) is 8. The number of azo groups is 2. The van der Waals surface area contributed by atoms with Gasteiger partial charge in [-0.1, -0.05) is 6.92 Å². The second-order valence-corrected chi connectivity index (χ2v) is 28.0. The van der Waals surface area contributed by atoms with Crippen molar-refractivity contribution in [3.8, 4) is 5.75 Å². The zero-order valence-corrected chi connectivity index (χ0v) is 46.8. The number of nitrogens with one attached hydrogen (secondary N) is 1. The Balaban J connectivity index is 1.64. The molecule has 39 heteroatoms. The Morgan fingerprint density at radius 2 is 1.31 bits per heavy atom. The van der Waals surface area contributed by atoms with Gasteiger partial charge in [0.15, 0.2) is 25.4 Å². The number of aromatic nitrogens is 3. The van der Waals surface area contributed by atoms with E-state index >= 15 is 0 Å². The minimum Gasteiger partial charge on any atom is -0.505 e. The molecule has 5 aromatic rings. The third-order valence-electron chi connectivity index (χ3n) is 10.2. The fraction of sp³-hybridized carbons (Fsp3) is 0.342. The molecule has 422 valence electrons. The van der Waals surface area contributed by atoms with Crippen LogP contribution in [0.4, 0.5) is 46.0 Å². The fourth-order valence-corrected chi connectivity index (χ4v) is 12.9. The van der Waals surface area contributed by atoms with Gasteiger partial charge in [0, 0.05) is 24.8 Å². The van der Waals surface area contributed by atoms with Crippen LogP contribution in [0.1, 0.15) is 25.3 Å². The maximum absolute atomic E-state index is 13.4. The van der Waals surface area contributed by atoms with Gasteiger partial charge >= 0.3 is 10.4 Å². The number of nitrogen functional groups attached to an aromatic ring is 1. The molecule has 0 unspecified atom stereocenters. The summed E-state index contributed by atoms with van der Waals surface area (Å²) < 4.78 is 213. The van der Waals surface area contributed by atoms with Crippen LogP contribution in [-0.2, 0) is 93.0 Å². The molecule has 0 aliphatic heterocycles. The molecule has 0 aliphatic rings. The van der Waals surface area contributed by atoms with E-state index in [-0.39, 0.29) is 48.1 Å². The standard InChI is InChI=1S/C38H45ClN10O21S7/c1-6-14-72(53,54)25-9-10-26(29(20-25)75(60,61)68-4)45-48-34-30(76(62,63)69-5)18-22-17-23(21-73(55,56)57)33(35(50)31(22)32(34)40)47-46-27-19-24(8-11-28(27)74(58,59)67-3)41-37-42-36(39)43-38(44-37)49(2)12-16-71(51,52)15-7-13-70-77(64,65)66/h8-11,17-20,50H,6-7,12-16,21,40H2,1-5H3,(H,55,56,57)(H,64,65,66)(H,41,42,43,44). The maximum atomic E-state index is 13.4. The number of sulfone groups is 2. The van der Waals surface area contributed by atoms with E-state index in [4.69, 9.17) is 21.9 Å². The molecular formula is C38H45ClN10O21S7. The number of benzene rings is 4. The van der Waals surface area contributed by atoms with Crippen molar-refractivity contribution in [1.82, 2.24) is 15.0 Å². The monoisotopic (exact) mass is 1240 g/mol. The Morgan fingerprint density at radius 1 is 0.701 bits per heavy atom. The SMILES string of the molecule is CCCS(=O)(=O)c1ccc(N=Nc2c(S(=O)(=O)OC)cc3cc(CS(=O)(=O)O)c(N=Nc4cc(Nc5nc(Cl)nc(N(C)CCS(=O)(=O)CCCOS(=O)(=O)O)n5)ccc4S(=O)(=O)OC)c(O)c3c2N)c(S(=O)(=O)OC)c1. The van der Waals surface area contributed by atoms with E-state index in [1.807, 2.05) is 0 Å². The highest BCUT2D eigenvalue weighted by Crippen LogP contribution is 2.48. The third-order valence-corrected chi connectivity index (χ3v) is 19.1. The molecule has 77 heavy (non-hydrogen) atoms. The number of nitrogens with two attached hydrogens (primary N) is 1. The number of fused-ring (bicyclic) bond motifs is 1. The fourth-order valence-electron chi connectivity index (χ4n) is 6.64. The number of rotatable bonds is 26. The zero-order valence-electron chi connectivity index (χ0n) is 40.4. The summed E-state index contributed by atoms with van der Waals surface area (Å²) in [5.74, 6) is -4.29. The summed E-state index contributed by atoms with van der Waals surface area (Å²) in [7, 11) is -28.3. The first-order valence-electron chi connectivity index (χ1n) is 21.1. The third kappa shape index (κ3) is 15.9. The molecule has 0 saturated heterocycles. The molecule has 0 spiro atoms. The highest BCUT2D eigenvalue weighted by Gasteiger charge is 2.29. The van der Waals surface area contributed by atoms with E-state index in [0.717, 1.165) is 63.8 Å². The lowest BCUT2D eigenvalue weighted by atomic mass is 10.0. The molecule has 0 amide bonds. The van der Waals surface area contributed by atoms with Gasteiger partial charge in [0.1, 0.15) is 43.2 Å². The summed E-state index contributed by atoms with van der Waals surface area (Å²) in [4.78, 5) is 10.6. The van der Waals surface area contributed by atoms with Crippen molar-refractivity contribution >= 4 is 139 Å². The maximum Gasteiger partial charge on any atom is 0.397 e. The molecule has 6 N–H and O–H groups in total. The number of phenolic OH excluding ortho intramolecular Hbond substituents is 1. The number of aromatic hydroxyl groups is 1. The molecule has 1 aromatic heterocycles. The van der Waals surface area contributed by atoms with E-state index in [1.165, 1.54) is 18.0 Å². The molecule has 5 rings (SSSR count). The first kappa shape index (κ1) is 62.1. The van der Waals surface area contributed by atoms with Crippen LogP contribution < -0.4 is 16.0 Å². The highest BCUT2D eigenvalue weighted by atomic mass is 35.5. The lowest BCUT2D eigenvalue weighted by Crippen LogP contribution is -2.28. The second-order valence-electron chi connectivity index (χ2n) is 15.6. The first-order chi connectivity index (χ1) is 35.6. The Morgan fingerprint density at radius 3 is 1.92 bits per heavy atom. The number of phenols is 1. The van der Waals surface area contributed by atoms with Gasteiger partial charge in [-0.05, 0) is 78.4 Å². The van der Waals surface area contributed by atoms with Gasteiger partial charge in [-0.25, -0.2) is 21.0 Å². The molecule has 0 atom stereocenters. The minimum atomic E-state index is -5.05. The van der Waals surface area contributed by atoms with Crippen molar-refractivity contribution in [2.75, 3.05) is 74.7 Å². The minimum absolute atomic E-state index is 0.0646. The second kappa shape index (κ2) is 24.1. The quantitative estimate of drug-likeness (QED) is 0.0170. The number of anilines is 4. The van der Waals surface area contributed by atoms with E-state index < -0.39 is 164 Å². The summed E-state index contributed by atoms with van der Waals surface area (Å²) in [5.41, 5.74) is 2.19. The van der Waals surface area contributed by atoms with Crippen molar-refractivity contribution < 1.29 is 89.9 Å². The summed E-state index contributed by atoms with van der Waals surface area (Å²) in [6, 6.07) is 7.52. The zero-order chi connectivity index (χ0) is 57.7. The molecule has 0 fully saturated rings. The topological polar surface area (TPSA) is 466 Å². The highest BCUT2D eigenvalue weighted by molar-refractivity contribution is 7.92. The van der Waals surface area contributed by atoms with Crippen LogP contribution in [-0.4, -0.2) is 147 Å². The molecule has 31 nitrogen and oxygen atoms in total. The van der Waals surface area contributed by atoms with Gasteiger partial charge in [-0.2, -0.15) is 57.0 Å². The predicted octanol–water partition coefficient (Wildman–Crippen LogP) is 4.18. The van der Waals surface area contributed by atoms with Crippen LogP contribution in [0.15, 0.2) is 88.6 Å². The van der Waals surface area contributed by atoms with Crippen molar-refractivity contribution in [3.05, 3.63) is 59.4 Å². The summed E-state index contributed by atoms with van der Waals surface area (Å²) in [6.07, 6.45) is -0.100. The first-order valence-corrected chi connectivity index (χ1v) is 32.2. The number of halogens is 1. The van der Waals surface area contributed by atoms with E-state index in [0.29, 0.717) is 0 Å². The number of hydrogen-bond acceptors (Lipinski definition) is 29.